The number of benzene rings is 1. The summed E-state index contributed by atoms with van der Waals surface area (Å²) in [7, 11) is -2.60. The molecular weight excluding hydrogens is 701 g/mol. The molecule has 4 aliphatic rings. The first-order chi connectivity index (χ1) is 24.6. The lowest BCUT2D eigenvalue weighted by Gasteiger charge is -2.33. The lowest BCUT2D eigenvalue weighted by Crippen LogP contribution is -2.60. The van der Waals surface area contributed by atoms with E-state index < -0.39 is 86.3 Å². The quantitative estimate of drug-likeness (QED) is 0.290. The van der Waals surface area contributed by atoms with Gasteiger partial charge in [-0.3, -0.25) is 19.1 Å². The Morgan fingerprint density at radius 3 is 2.65 bits per heavy atom. The van der Waals surface area contributed by atoms with Gasteiger partial charge in [0.1, 0.15) is 35.3 Å². The maximum atomic E-state index is 14.4. The van der Waals surface area contributed by atoms with Crippen molar-refractivity contribution in [1.82, 2.24) is 25.2 Å². The molecule has 1 aromatic heterocycles. The minimum absolute atomic E-state index is 0.0155. The van der Waals surface area contributed by atoms with Gasteiger partial charge in [0.2, 0.25) is 27.7 Å². The van der Waals surface area contributed by atoms with Gasteiger partial charge >= 0.3 is 6.09 Å². The monoisotopic (exact) mass is 745 g/mol. The molecule has 282 valence electrons. The Balaban J connectivity index is 1.36. The Bertz CT molecular complexity index is 1910. The van der Waals surface area contributed by atoms with Crippen LogP contribution in [-0.4, -0.2) is 102 Å². The number of allylic oxidation sites excluding steroid dienone is 1. The molecule has 2 aliphatic carbocycles. The van der Waals surface area contributed by atoms with E-state index in [0.717, 1.165) is 0 Å². The molecule has 52 heavy (non-hydrogen) atoms. The minimum Gasteiger partial charge on any atom is -0.494 e. The van der Waals surface area contributed by atoms with Gasteiger partial charge in [-0.1, -0.05) is 19.1 Å². The van der Waals surface area contributed by atoms with Crippen molar-refractivity contribution in [3.63, 3.8) is 0 Å². The Hall–Kier alpha value is -4.51. The summed E-state index contributed by atoms with van der Waals surface area (Å²) < 4.78 is 59.5. The molecule has 0 unspecified atom stereocenters. The van der Waals surface area contributed by atoms with Crippen molar-refractivity contribution in [3.8, 4) is 11.6 Å². The Labute approximate surface area is 300 Å². The van der Waals surface area contributed by atoms with Gasteiger partial charge in [0, 0.05) is 17.7 Å². The summed E-state index contributed by atoms with van der Waals surface area (Å²) in [4.78, 5) is 60.0. The molecule has 0 bridgehead atoms. The summed E-state index contributed by atoms with van der Waals surface area (Å²) in [6.45, 7) is 4.89. The number of sulfonamides is 1. The fourth-order valence-electron chi connectivity index (χ4n) is 7.01. The van der Waals surface area contributed by atoms with E-state index in [9.17, 15) is 37.1 Å². The van der Waals surface area contributed by atoms with Crippen LogP contribution in [0.3, 0.4) is 0 Å². The molecule has 2 aliphatic heterocycles. The maximum Gasteiger partial charge on any atom is 0.405 e. The maximum absolute atomic E-state index is 14.4. The molecule has 3 heterocycles. The molecule has 7 atom stereocenters. The van der Waals surface area contributed by atoms with Gasteiger partial charge < -0.3 is 34.9 Å². The van der Waals surface area contributed by atoms with Crippen molar-refractivity contribution in [1.29, 1.82) is 0 Å². The molecule has 4 amide bonds. The Morgan fingerprint density at radius 1 is 1.23 bits per heavy atom. The molecule has 0 radical (unpaired) electrons. The van der Waals surface area contributed by atoms with Crippen LogP contribution < -0.4 is 24.8 Å². The molecule has 3 fully saturated rings. The van der Waals surface area contributed by atoms with E-state index in [1.165, 1.54) is 36.4 Å². The highest BCUT2D eigenvalue weighted by molar-refractivity contribution is 7.91. The van der Waals surface area contributed by atoms with Gasteiger partial charge in [0.25, 0.3) is 5.91 Å². The van der Waals surface area contributed by atoms with Gasteiger partial charge in [-0.15, -0.1) is 0 Å². The third-order valence-electron chi connectivity index (χ3n) is 10.6. The zero-order valence-corrected chi connectivity index (χ0v) is 30.2. The number of pyridine rings is 1. The van der Waals surface area contributed by atoms with Crippen molar-refractivity contribution in [2.45, 2.75) is 106 Å². The standard InChI is InChI=1S/C35H44FN5O10S/c1-5-26-28(38-33(45)46)31(43)41-18-22(51-30-24-14-21(36)10-11-23(24)27(49-4)17-37-30)15-25(41)29(42)39-35(16-20(35)9-7-6-8-19(2)50-26)32(44)40-52(47,48)34(3)12-13-34/h7,9-11,14,17,19-20,22,25-26,28,38H,5-6,8,12-13,15-16,18H2,1-4H3,(H,39,42)(H,40,44)(H,45,46)/b9-7-/t19-,20-,22-,25+,26+,28+,35-/m1/s1. The smallest absolute Gasteiger partial charge is 0.405 e. The topological polar surface area (TPSA) is 203 Å². The van der Waals surface area contributed by atoms with E-state index in [0.29, 0.717) is 36.8 Å². The van der Waals surface area contributed by atoms with Crippen molar-refractivity contribution in [3.05, 3.63) is 42.4 Å². The zero-order chi connectivity index (χ0) is 37.6. The second-order valence-corrected chi connectivity index (χ2v) is 16.5. The Kier molecular flexibility index (Phi) is 10.1. The SMILES string of the molecule is CC[C@@H]1O[C@H](C)CC/C=C\[C@@H]2C[C@@]2(C(=O)NS(=O)(=O)C2(C)CC2)NC(=O)[C@@H]2C[C@@H](Oc3ncc(OC)c4ccc(F)cc34)CN2C(=O)[C@H]1NC(=O)O. The number of amides is 4. The lowest BCUT2D eigenvalue weighted by atomic mass is 10.0. The number of carboxylic acid groups (broad SMARTS) is 1. The molecule has 0 spiro atoms. The van der Waals surface area contributed by atoms with Crippen LogP contribution >= 0.6 is 0 Å². The first kappa shape index (κ1) is 37.3. The fourth-order valence-corrected chi connectivity index (χ4v) is 8.33. The van der Waals surface area contributed by atoms with Crippen molar-refractivity contribution in [2.24, 2.45) is 5.92 Å². The predicted octanol–water partition coefficient (Wildman–Crippen LogP) is 2.77. The molecule has 6 rings (SSSR count). The second kappa shape index (κ2) is 14.1. The van der Waals surface area contributed by atoms with Gasteiger partial charge in [-0.25, -0.2) is 22.6 Å². The van der Waals surface area contributed by atoms with Crippen LogP contribution in [0.15, 0.2) is 36.5 Å². The van der Waals surface area contributed by atoms with Crippen LogP contribution in [0.4, 0.5) is 9.18 Å². The molecule has 15 nitrogen and oxygen atoms in total. The van der Waals surface area contributed by atoms with Crippen molar-refractivity contribution >= 4 is 44.6 Å². The number of carbonyl (C=O) groups is 4. The number of carbonyl (C=O) groups excluding carboxylic acids is 3. The molecule has 17 heteroatoms. The summed E-state index contributed by atoms with van der Waals surface area (Å²) >= 11 is 0. The van der Waals surface area contributed by atoms with E-state index in [1.807, 2.05) is 6.08 Å². The highest BCUT2D eigenvalue weighted by Gasteiger charge is 2.63. The molecule has 1 saturated heterocycles. The van der Waals surface area contributed by atoms with Gasteiger partial charge in [0.05, 0.1) is 42.2 Å². The number of nitrogens with one attached hydrogen (secondary N) is 3. The summed E-state index contributed by atoms with van der Waals surface area (Å²) in [5.41, 5.74) is -1.61. The van der Waals surface area contributed by atoms with Gasteiger partial charge in [0.15, 0.2) is 0 Å². The van der Waals surface area contributed by atoms with E-state index >= 15 is 0 Å². The first-order valence-electron chi connectivity index (χ1n) is 17.4. The summed E-state index contributed by atoms with van der Waals surface area (Å²) in [5.74, 6) is -3.10. The van der Waals surface area contributed by atoms with E-state index in [-0.39, 0.29) is 37.1 Å². The van der Waals surface area contributed by atoms with Crippen LogP contribution in [0.1, 0.15) is 65.7 Å². The molecule has 1 aromatic carbocycles. The van der Waals surface area contributed by atoms with E-state index in [4.69, 9.17) is 14.2 Å². The second-order valence-electron chi connectivity index (χ2n) is 14.3. The number of aromatic nitrogens is 1. The average Bonchev–Trinajstić information content (AvgIpc) is 3.97. The number of halogens is 1. The van der Waals surface area contributed by atoms with Crippen LogP contribution in [0.5, 0.6) is 11.6 Å². The Morgan fingerprint density at radius 2 is 1.98 bits per heavy atom. The number of fused-ring (bicyclic) bond motifs is 3. The molecule has 2 aromatic rings. The third-order valence-corrected chi connectivity index (χ3v) is 12.7. The van der Waals surface area contributed by atoms with Crippen molar-refractivity contribution < 1.29 is 51.3 Å². The number of nitrogens with zero attached hydrogens (tertiary/aromatic N) is 2. The molecular formula is C35H44FN5O10S. The largest absolute Gasteiger partial charge is 0.494 e. The van der Waals surface area contributed by atoms with Gasteiger partial charge in [-0.2, -0.15) is 0 Å². The van der Waals surface area contributed by atoms with Crippen molar-refractivity contribution in [2.75, 3.05) is 13.7 Å². The summed E-state index contributed by atoms with van der Waals surface area (Å²) in [5, 5.41) is 15.6. The number of rotatable bonds is 8. The molecule has 4 N–H and O–H groups in total. The lowest BCUT2D eigenvalue weighted by molar-refractivity contribution is -0.145. The van der Waals surface area contributed by atoms with Crippen LogP contribution in [0, 0.1) is 11.7 Å². The van der Waals surface area contributed by atoms with E-state index in [1.54, 1.807) is 26.8 Å². The number of methoxy groups -OCH3 is 1. The first-order valence-corrected chi connectivity index (χ1v) is 18.9. The van der Waals surface area contributed by atoms with Crippen LogP contribution in [-0.2, 0) is 29.1 Å². The van der Waals surface area contributed by atoms with Crippen LogP contribution in [0.25, 0.3) is 10.8 Å². The number of ether oxygens (including phenoxy) is 3. The fraction of sp³-hybridized carbons (Fsp3) is 0.571. The number of hydrogen-bond donors (Lipinski definition) is 4. The molecule has 2 saturated carbocycles. The number of hydrogen-bond acceptors (Lipinski definition) is 10. The van der Waals surface area contributed by atoms with Crippen LogP contribution in [0.2, 0.25) is 0 Å². The predicted molar refractivity (Wildman–Crippen MR) is 184 cm³/mol. The van der Waals surface area contributed by atoms with E-state index in [2.05, 4.69) is 20.3 Å². The average molecular weight is 746 g/mol. The minimum atomic E-state index is -4.04. The van der Waals surface area contributed by atoms with Gasteiger partial charge in [-0.05, 0) is 70.6 Å². The summed E-state index contributed by atoms with van der Waals surface area (Å²) in [6.07, 6.45) is 3.39. The highest BCUT2D eigenvalue weighted by atomic mass is 32.2. The highest BCUT2D eigenvalue weighted by Crippen LogP contribution is 2.47. The third kappa shape index (κ3) is 7.24. The zero-order valence-electron chi connectivity index (χ0n) is 29.4. The summed E-state index contributed by atoms with van der Waals surface area (Å²) in [6, 6.07) is 1.29. The normalized spacial score (nSPS) is 30.8.